The number of rotatable bonds is 9. The van der Waals surface area contributed by atoms with Gasteiger partial charge in [-0.3, -0.25) is 4.99 Å². The summed E-state index contributed by atoms with van der Waals surface area (Å²) in [4.78, 5) is 7.23. The predicted octanol–water partition coefficient (Wildman–Crippen LogP) is 2.28. The molecule has 0 aromatic heterocycles. The van der Waals surface area contributed by atoms with Crippen LogP contribution in [-0.2, 0) is 11.2 Å². The molecule has 1 saturated heterocycles. The molecule has 5 nitrogen and oxygen atoms in total. The topological polar surface area (TPSA) is 48.9 Å². The first-order valence-corrected chi connectivity index (χ1v) is 9.69. The van der Waals surface area contributed by atoms with Gasteiger partial charge in [0.2, 0.25) is 0 Å². The zero-order valence-corrected chi connectivity index (χ0v) is 16.1. The zero-order chi connectivity index (χ0) is 18.6. The van der Waals surface area contributed by atoms with E-state index in [4.69, 9.17) is 9.73 Å². The fraction of sp³-hybridized carbons (Fsp3) is 0.650. The molecular weight excluding hydrogens is 331 g/mol. The Labute approximate surface area is 157 Å². The largest absolute Gasteiger partial charge is 0.383 e. The molecular formula is C20H33FN4O. The molecule has 0 bridgehead atoms. The van der Waals surface area contributed by atoms with Gasteiger partial charge in [0.25, 0.3) is 0 Å². The number of benzene rings is 1. The third kappa shape index (κ3) is 7.70. The lowest BCUT2D eigenvalue weighted by Crippen LogP contribution is -2.40. The van der Waals surface area contributed by atoms with Crippen LogP contribution in [-0.4, -0.2) is 63.8 Å². The Hall–Kier alpha value is -1.66. The Morgan fingerprint density at radius 2 is 1.96 bits per heavy atom. The summed E-state index contributed by atoms with van der Waals surface area (Å²) in [6.07, 6.45) is 3.24. The molecule has 0 radical (unpaired) electrons. The maximum absolute atomic E-state index is 12.9. The molecule has 0 unspecified atom stereocenters. The van der Waals surface area contributed by atoms with E-state index in [0.29, 0.717) is 5.92 Å². The van der Waals surface area contributed by atoms with Crippen molar-refractivity contribution in [2.75, 3.05) is 53.0 Å². The normalized spacial score (nSPS) is 16.7. The van der Waals surface area contributed by atoms with Crippen LogP contribution in [0.2, 0.25) is 0 Å². The minimum absolute atomic E-state index is 0.190. The van der Waals surface area contributed by atoms with Crippen LogP contribution in [0.5, 0.6) is 0 Å². The Morgan fingerprint density at radius 3 is 2.62 bits per heavy atom. The van der Waals surface area contributed by atoms with Crippen molar-refractivity contribution >= 4 is 5.96 Å². The molecule has 0 spiro atoms. The second-order valence-corrected chi connectivity index (χ2v) is 6.80. The third-order valence-electron chi connectivity index (χ3n) is 4.79. The number of guanidine groups is 1. The van der Waals surface area contributed by atoms with Crippen LogP contribution in [0.15, 0.2) is 29.3 Å². The quantitative estimate of drug-likeness (QED) is 0.521. The van der Waals surface area contributed by atoms with Gasteiger partial charge in [-0.2, -0.15) is 0 Å². The first kappa shape index (κ1) is 20.6. The second-order valence-electron chi connectivity index (χ2n) is 6.80. The highest BCUT2D eigenvalue weighted by atomic mass is 19.1. The van der Waals surface area contributed by atoms with E-state index in [1.165, 1.54) is 25.0 Å². The molecule has 0 aliphatic carbocycles. The molecule has 2 N–H and O–H groups in total. The highest BCUT2D eigenvalue weighted by Gasteiger charge is 2.18. The number of piperidine rings is 1. The van der Waals surface area contributed by atoms with Crippen molar-refractivity contribution < 1.29 is 9.13 Å². The maximum Gasteiger partial charge on any atom is 0.191 e. The highest BCUT2D eigenvalue weighted by Crippen LogP contribution is 2.17. The predicted molar refractivity (Wildman–Crippen MR) is 105 cm³/mol. The van der Waals surface area contributed by atoms with E-state index >= 15 is 0 Å². The molecule has 1 heterocycles. The van der Waals surface area contributed by atoms with Crippen molar-refractivity contribution in [1.29, 1.82) is 0 Å². The van der Waals surface area contributed by atoms with Crippen LogP contribution in [0.4, 0.5) is 4.39 Å². The zero-order valence-electron chi connectivity index (χ0n) is 16.1. The van der Waals surface area contributed by atoms with Crippen LogP contribution in [0, 0.1) is 11.7 Å². The fourth-order valence-electron chi connectivity index (χ4n) is 3.15. The number of aliphatic imine (C=N–C) groups is 1. The van der Waals surface area contributed by atoms with Gasteiger partial charge in [-0.05, 0) is 62.9 Å². The van der Waals surface area contributed by atoms with Crippen molar-refractivity contribution in [3.8, 4) is 0 Å². The molecule has 1 aliphatic rings. The van der Waals surface area contributed by atoms with Crippen molar-refractivity contribution in [2.45, 2.75) is 26.2 Å². The van der Waals surface area contributed by atoms with Gasteiger partial charge in [0.1, 0.15) is 5.82 Å². The van der Waals surface area contributed by atoms with E-state index in [-0.39, 0.29) is 5.82 Å². The Bertz CT molecular complexity index is 527. The van der Waals surface area contributed by atoms with Gasteiger partial charge in [0.15, 0.2) is 5.96 Å². The van der Waals surface area contributed by atoms with Crippen LogP contribution in [0.1, 0.15) is 25.3 Å². The van der Waals surface area contributed by atoms with Crippen LogP contribution in [0.25, 0.3) is 0 Å². The SMILES string of the molecule is CCNC(=NCC1CCN(CCOC)CC1)NCCc1ccc(F)cc1. The van der Waals surface area contributed by atoms with E-state index in [9.17, 15) is 4.39 Å². The fourth-order valence-corrected chi connectivity index (χ4v) is 3.15. The summed E-state index contributed by atoms with van der Waals surface area (Å²) in [6, 6.07) is 6.68. The molecule has 0 saturated carbocycles. The number of halogens is 1. The van der Waals surface area contributed by atoms with E-state index in [2.05, 4.69) is 22.5 Å². The molecule has 1 aromatic carbocycles. The van der Waals surface area contributed by atoms with Gasteiger partial charge in [-0.15, -0.1) is 0 Å². The average Bonchev–Trinajstić information content (AvgIpc) is 2.67. The second kappa shape index (κ2) is 11.9. The smallest absolute Gasteiger partial charge is 0.191 e. The Kier molecular flexibility index (Phi) is 9.42. The van der Waals surface area contributed by atoms with Crippen molar-refractivity contribution in [3.05, 3.63) is 35.6 Å². The lowest BCUT2D eigenvalue weighted by Gasteiger charge is -2.31. The Balaban J connectivity index is 1.71. The third-order valence-corrected chi connectivity index (χ3v) is 4.79. The van der Waals surface area contributed by atoms with E-state index in [1.807, 2.05) is 12.1 Å². The van der Waals surface area contributed by atoms with E-state index < -0.39 is 0 Å². The summed E-state index contributed by atoms with van der Waals surface area (Å²) in [5.41, 5.74) is 1.12. The first-order chi connectivity index (χ1) is 12.7. The first-order valence-electron chi connectivity index (χ1n) is 9.69. The van der Waals surface area contributed by atoms with Gasteiger partial charge < -0.3 is 20.3 Å². The van der Waals surface area contributed by atoms with Crippen LogP contribution >= 0.6 is 0 Å². The number of nitrogens with zero attached hydrogens (tertiary/aromatic N) is 2. The lowest BCUT2D eigenvalue weighted by atomic mass is 9.97. The summed E-state index contributed by atoms with van der Waals surface area (Å²) >= 11 is 0. The number of hydrogen-bond donors (Lipinski definition) is 2. The van der Waals surface area contributed by atoms with Gasteiger partial charge in [0.05, 0.1) is 6.61 Å². The van der Waals surface area contributed by atoms with Crippen molar-refractivity contribution in [3.63, 3.8) is 0 Å². The average molecular weight is 365 g/mol. The maximum atomic E-state index is 12.9. The van der Waals surface area contributed by atoms with Gasteiger partial charge in [-0.25, -0.2) is 4.39 Å². The number of likely N-dealkylation sites (tertiary alicyclic amines) is 1. The molecule has 146 valence electrons. The van der Waals surface area contributed by atoms with Gasteiger partial charge >= 0.3 is 0 Å². The summed E-state index contributed by atoms with van der Waals surface area (Å²) < 4.78 is 18.1. The van der Waals surface area contributed by atoms with Crippen LogP contribution in [0.3, 0.4) is 0 Å². The van der Waals surface area contributed by atoms with Gasteiger partial charge in [0, 0.05) is 33.3 Å². The van der Waals surface area contributed by atoms with Crippen molar-refractivity contribution in [1.82, 2.24) is 15.5 Å². The summed E-state index contributed by atoms with van der Waals surface area (Å²) in [6.45, 7) is 8.68. The monoisotopic (exact) mass is 364 g/mol. The minimum Gasteiger partial charge on any atom is -0.383 e. The number of hydrogen-bond acceptors (Lipinski definition) is 3. The van der Waals surface area contributed by atoms with Crippen LogP contribution < -0.4 is 10.6 Å². The number of ether oxygens (including phenoxy) is 1. The molecule has 1 aromatic rings. The van der Waals surface area contributed by atoms with Crippen molar-refractivity contribution in [2.24, 2.45) is 10.9 Å². The summed E-state index contributed by atoms with van der Waals surface area (Å²) in [7, 11) is 1.76. The Morgan fingerprint density at radius 1 is 1.23 bits per heavy atom. The molecule has 1 fully saturated rings. The summed E-state index contributed by atoms with van der Waals surface area (Å²) in [5, 5.41) is 6.68. The molecule has 6 heteroatoms. The van der Waals surface area contributed by atoms with E-state index in [1.54, 1.807) is 7.11 Å². The highest BCUT2D eigenvalue weighted by molar-refractivity contribution is 5.79. The molecule has 26 heavy (non-hydrogen) atoms. The molecule has 1 aliphatic heterocycles. The molecule has 2 rings (SSSR count). The van der Waals surface area contributed by atoms with Gasteiger partial charge in [-0.1, -0.05) is 12.1 Å². The number of methoxy groups -OCH3 is 1. The van der Waals surface area contributed by atoms with E-state index in [0.717, 1.165) is 63.8 Å². The lowest BCUT2D eigenvalue weighted by molar-refractivity contribution is 0.121. The standard InChI is InChI=1S/C20H33FN4O/c1-3-22-20(23-11-8-17-4-6-19(21)7-5-17)24-16-18-9-12-25(13-10-18)14-15-26-2/h4-7,18H,3,8-16H2,1-2H3,(H2,22,23,24). The summed E-state index contributed by atoms with van der Waals surface area (Å²) in [5.74, 6) is 1.34. The molecule has 0 atom stereocenters. The minimum atomic E-state index is -0.190. The number of nitrogens with one attached hydrogen (secondary N) is 2. The molecule has 0 amide bonds.